The third-order valence-electron chi connectivity index (χ3n) is 4.33. The lowest BCUT2D eigenvalue weighted by Crippen LogP contribution is -2.62. The summed E-state index contributed by atoms with van der Waals surface area (Å²) in [6.07, 6.45) is 0. The molecule has 2 heterocycles. The van der Waals surface area contributed by atoms with Crippen LogP contribution in [-0.2, 0) is 4.79 Å². The zero-order chi connectivity index (χ0) is 18.1. The van der Waals surface area contributed by atoms with Crippen LogP contribution in [0.4, 0.5) is 4.79 Å². The van der Waals surface area contributed by atoms with Gasteiger partial charge in [-0.25, -0.2) is 4.79 Å². The summed E-state index contributed by atoms with van der Waals surface area (Å²) in [4.78, 5) is 38.8. The number of amides is 4. The van der Waals surface area contributed by atoms with Gasteiger partial charge in [-0.05, 0) is 12.1 Å². The number of urea groups is 1. The smallest absolute Gasteiger partial charge is 0.324 e. The second-order valence-corrected chi connectivity index (χ2v) is 5.67. The van der Waals surface area contributed by atoms with Crippen LogP contribution >= 0.6 is 0 Å². The third-order valence-corrected chi connectivity index (χ3v) is 4.33. The minimum atomic E-state index is -0.411. The number of hydrogen-bond donors (Lipinski definition) is 1. The molecule has 0 bridgehead atoms. The van der Waals surface area contributed by atoms with Crippen molar-refractivity contribution in [1.29, 1.82) is 0 Å². The molecule has 9 heteroatoms. The zero-order valence-electron chi connectivity index (χ0n) is 14.2. The normalized spacial score (nSPS) is 17.2. The van der Waals surface area contributed by atoms with E-state index >= 15 is 0 Å². The molecule has 2 fully saturated rings. The van der Waals surface area contributed by atoms with Crippen molar-refractivity contribution in [2.45, 2.75) is 6.04 Å². The topological polar surface area (TPSA) is 97.4 Å². The Morgan fingerprint density at radius 2 is 1.76 bits per heavy atom. The summed E-state index contributed by atoms with van der Waals surface area (Å²) in [6, 6.07) is 2.52. The zero-order valence-corrected chi connectivity index (χ0v) is 14.2. The van der Waals surface area contributed by atoms with Crippen molar-refractivity contribution in [1.82, 2.24) is 15.1 Å². The minimum absolute atomic E-state index is 0.00673. The quantitative estimate of drug-likeness (QED) is 0.757. The van der Waals surface area contributed by atoms with Gasteiger partial charge in [-0.15, -0.1) is 0 Å². The van der Waals surface area contributed by atoms with Gasteiger partial charge in [-0.2, -0.15) is 0 Å². The average molecular weight is 349 g/mol. The monoisotopic (exact) mass is 349 g/mol. The van der Waals surface area contributed by atoms with E-state index in [0.717, 1.165) is 0 Å². The van der Waals surface area contributed by atoms with Gasteiger partial charge >= 0.3 is 6.03 Å². The van der Waals surface area contributed by atoms with E-state index in [1.54, 1.807) is 17.0 Å². The summed E-state index contributed by atoms with van der Waals surface area (Å²) in [6.45, 7) is 0.581. The van der Waals surface area contributed by atoms with Crippen LogP contribution in [0.3, 0.4) is 0 Å². The molecule has 2 saturated heterocycles. The highest BCUT2D eigenvalue weighted by atomic mass is 16.5. The van der Waals surface area contributed by atoms with Gasteiger partial charge in [0.05, 0.1) is 39.5 Å². The molecule has 0 aliphatic carbocycles. The molecule has 0 aromatic heterocycles. The fourth-order valence-electron chi connectivity index (χ4n) is 3.03. The largest absolute Gasteiger partial charge is 0.493 e. The molecule has 0 spiro atoms. The second-order valence-electron chi connectivity index (χ2n) is 5.67. The molecule has 2 aliphatic rings. The van der Waals surface area contributed by atoms with Crippen molar-refractivity contribution in [2.24, 2.45) is 0 Å². The number of carbonyl (C=O) groups excluding carboxylic acids is 3. The first-order valence-electron chi connectivity index (χ1n) is 7.70. The van der Waals surface area contributed by atoms with E-state index in [1.807, 2.05) is 0 Å². The molecule has 4 amide bonds. The molecule has 0 saturated carbocycles. The number of hydrogen-bond acceptors (Lipinski definition) is 6. The number of carbonyl (C=O) groups is 3. The number of nitrogens with zero attached hydrogens (tertiary/aromatic N) is 2. The highest BCUT2D eigenvalue weighted by Gasteiger charge is 2.43. The van der Waals surface area contributed by atoms with Crippen LogP contribution in [-0.4, -0.2) is 74.7 Å². The summed E-state index contributed by atoms with van der Waals surface area (Å²) >= 11 is 0. The maximum atomic E-state index is 12.7. The number of rotatable bonds is 5. The predicted molar refractivity (Wildman–Crippen MR) is 86.0 cm³/mol. The molecule has 9 nitrogen and oxygen atoms in total. The number of imide groups is 1. The SMILES string of the molecule is COc1ccc(C(=O)N2CC(N3C(=O)CNC3=O)C2)c(OC)c1OC. The Hall–Kier alpha value is -2.97. The van der Waals surface area contributed by atoms with Crippen molar-refractivity contribution < 1.29 is 28.6 Å². The standard InChI is InChI=1S/C16H19N3O6/c1-23-11-5-4-10(13(24-2)14(11)25-3)15(21)18-7-9(8-18)19-12(20)6-17-16(19)22/h4-5,9H,6-8H2,1-3H3,(H,17,22). The molecule has 1 aromatic rings. The van der Waals surface area contributed by atoms with Gasteiger partial charge in [0.25, 0.3) is 5.91 Å². The number of likely N-dealkylation sites (tertiary alicyclic amines) is 1. The number of methoxy groups -OCH3 is 3. The molecule has 134 valence electrons. The van der Waals surface area contributed by atoms with E-state index in [2.05, 4.69) is 5.32 Å². The van der Waals surface area contributed by atoms with Crippen molar-refractivity contribution in [3.63, 3.8) is 0 Å². The van der Waals surface area contributed by atoms with Crippen LogP contribution in [0.2, 0.25) is 0 Å². The van der Waals surface area contributed by atoms with E-state index in [0.29, 0.717) is 17.1 Å². The van der Waals surface area contributed by atoms with Crippen molar-refractivity contribution in [3.05, 3.63) is 17.7 Å². The van der Waals surface area contributed by atoms with Crippen LogP contribution in [0.15, 0.2) is 12.1 Å². The van der Waals surface area contributed by atoms with Gasteiger partial charge in [0.1, 0.15) is 0 Å². The Morgan fingerprint density at radius 3 is 2.28 bits per heavy atom. The van der Waals surface area contributed by atoms with Gasteiger partial charge in [-0.3, -0.25) is 14.5 Å². The fraction of sp³-hybridized carbons (Fsp3) is 0.438. The van der Waals surface area contributed by atoms with Crippen LogP contribution in [0, 0.1) is 0 Å². The first-order valence-corrected chi connectivity index (χ1v) is 7.70. The lowest BCUT2D eigenvalue weighted by atomic mass is 10.0. The highest BCUT2D eigenvalue weighted by molar-refractivity contribution is 6.03. The summed E-state index contributed by atoms with van der Waals surface area (Å²) in [7, 11) is 4.41. The van der Waals surface area contributed by atoms with E-state index < -0.39 is 6.03 Å². The first kappa shape index (κ1) is 16.9. The summed E-state index contributed by atoms with van der Waals surface area (Å²) in [5.74, 6) is 0.538. The Kier molecular flexibility index (Phi) is 4.39. The highest BCUT2D eigenvalue weighted by Crippen LogP contribution is 2.40. The molecular formula is C16H19N3O6. The maximum Gasteiger partial charge on any atom is 0.324 e. The first-order chi connectivity index (χ1) is 12.0. The second kappa shape index (κ2) is 6.50. The van der Waals surface area contributed by atoms with Gasteiger partial charge in [0.2, 0.25) is 11.7 Å². The molecule has 3 rings (SSSR count). The van der Waals surface area contributed by atoms with Crippen LogP contribution < -0.4 is 19.5 Å². The Labute approximate surface area is 144 Å². The molecular weight excluding hydrogens is 330 g/mol. The summed E-state index contributed by atoms with van der Waals surface area (Å²) < 4.78 is 15.8. The van der Waals surface area contributed by atoms with Gasteiger partial charge < -0.3 is 24.4 Å². The van der Waals surface area contributed by atoms with Crippen molar-refractivity contribution in [3.8, 4) is 17.2 Å². The van der Waals surface area contributed by atoms with Crippen LogP contribution in [0.5, 0.6) is 17.2 Å². The molecule has 2 aliphatic heterocycles. The summed E-state index contributed by atoms with van der Waals surface area (Å²) in [5.41, 5.74) is 0.329. The van der Waals surface area contributed by atoms with Crippen LogP contribution in [0.25, 0.3) is 0 Å². The molecule has 0 unspecified atom stereocenters. The lowest BCUT2D eigenvalue weighted by Gasteiger charge is -2.42. The lowest BCUT2D eigenvalue weighted by molar-refractivity contribution is -0.128. The van der Waals surface area contributed by atoms with Gasteiger partial charge in [-0.1, -0.05) is 0 Å². The van der Waals surface area contributed by atoms with E-state index in [-0.39, 0.29) is 43.2 Å². The molecule has 0 radical (unpaired) electrons. The fourth-order valence-corrected chi connectivity index (χ4v) is 3.03. The molecule has 1 aromatic carbocycles. The molecule has 1 N–H and O–H groups in total. The number of ether oxygens (including phenoxy) is 3. The summed E-state index contributed by atoms with van der Waals surface area (Å²) in [5, 5.41) is 2.47. The maximum absolute atomic E-state index is 12.7. The van der Waals surface area contributed by atoms with Crippen LogP contribution in [0.1, 0.15) is 10.4 Å². The minimum Gasteiger partial charge on any atom is -0.493 e. The Bertz CT molecular complexity index is 713. The number of benzene rings is 1. The average Bonchev–Trinajstić information content (AvgIpc) is 2.91. The molecule has 0 atom stereocenters. The Balaban J connectivity index is 1.77. The van der Waals surface area contributed by atoms with Gasteiger partial charge in [0, 0.05) is 13.1 Å². The van der Waals surface area contributed by atoms with E-state index in [9.17, 15) is 14.4 Å². The third kappa shape index (κ3) is 2.71. The van der Waals surface area contributed by atoms with Gasteiger partial charge in [0.15, 0.2) is 11.5 Å². The van der Waals surface area contributed by atoms with E-state index in [1.165, 1.54) is 26.2 Å². The van der Waals surface area contributed by atoms with E-state index in [4.69, 9.17) is 14.2 Å². The molecule has 25 heavy (non-hydrogen) atoms. The predicted octanol–water partition coefficient (Wildman–Crippen LogP) is 0.0886. The van der Waals surface area contributed by atoms with Crippen molar-refractivity contribution in [2.75, 3.05) is 41.0 Å². The Morgan fingerprint density at radius 1 is 1.08 bits per heavy atom. The number of nitrogens with one attached hydrogen (secondary N) is 1. The van der Waals surface area contributed by atoms with Crippen molar-refractivity contribution >= 4 is 17.8 Å².